The van der Waals surface area contributed by atoms with Gasteiger partial charge in [0.05, 0.1) is 12.6 Å². The van der Waals surface area contributed by atoms with Crippen LogP contribution >= 0.6 is 7.37 Å². The lowest BCUT2D eigenvalue weighted by Crippen LogP contribution is -2.45. The number of carbonyl (C=O) groups is 2. The first-order valence-corrected chi connectivity index (χ1v) is 7.73. The Morgan fingerprint density at radius 3 is 2.81 bits per heavy atom. The summed E-state index contributed by atoms with van der Waals surface area (Å²) in [4.78, 5) is 22.6. The van der Waals surface area contributed by atoms with Gasteiger partial charge < -0.3 is 9.84 Å². The monoisotopic (exact) mass is 251 g/mol. The highest BCUT2D eigenvalue weighted by molar-refractivity contribution is 7.58. The molecule has 0 radical (unpaired) electrons. The average Bonchev–Trinajstić information content (AvgIpc) is 2.19. The van der Waals surface area contributed by atoms with E-state index in [9.17, 15) is 14.2 Å². The Bertz CT molecular complexity index is 338. The zero-order valence-corrected chi connectivity index (χ0v) is 10.6. The first-order chi connectivity index (χ1) is 7.44. The maximum Gasteiger partial charge on any atom is 0.221 e. The van der Waals surface area contributed by atoms with Gasteiger partial charge in [-0.25, -0.2) is 0 Å². The van der Waals surface area contributed by atoms with Crippen LogP contribution in [0.1, 0.15) is 29.0 Å². The van der Waals surface area contributed by atoms with Crippen molar-refractivity contribution in [2.45, 2.75) is 32.2 Å². The van der Waals surface area contributed by atoms with Crippen molar-refractivity contribution in [1.82, 2.24) is 5.32 Å². The van der Waals surface area contributed by atoms with E-state index in [2.05, 4.69) is 5.32 Å². The van der Waals surface area contributed by atoms with Crippen LogP contribution in [0.2, 0.25) is 0 Å². The van der Waals surface area contributed by atoms with Gasteiger partial charge in [-0.05, 0) is 13.3 Å². The maximum atomic E-state index is 11.8. The molecule has 96 valence electrons. The summed E-state index contributed by atoms with van der Waals surface area (Å²) >= 11 is 0. The first-order valence-electron chi connectivity index (χ1n) is 5.48. The molecule has 6 heteroatoms. The van der Waals surface area contributed by atoms with Gasteiger partial charge in [-0.3, -0.25) is 14.2 Å². The smallest absolute Gasteiger partial charge is 0.221 e. The van der Waals surface area contributed by atoms with Crippen molar-refractivity contribution in [3.05, 3.63) is 0 Å². The number of carbonyl (C=O) groups excluding carboxylic acids is 2. The van der Waals surface area contributed by atoms with Crippen LogP contribution in [0, 0.1) is 0 Å². The molecule has 0 aromatic carbocycles. The van der Waals surface area contributed by atoms with Crippen LogP contribution in [-0.2, 0) is 18.7 Å². The lowest BCUT2D eigenvalue weighted by atomic mass is 10.0. The van der Waals surface area contributed by atoms with E-state index in [1.54, 1.807) is 13.6 Å². The summed E-state index contributed by atoms with van der Waals surface area (Å²) in [5.74, 6) is -0.0805. The number of amides is 1. The predicted molar refractivity (Wildman–Crippen MR) is 65.0 cm³/mol. The molecule has 2 unspecified atom stereocenters. The molecule has 0 saturated carbocycles. The quantitative estimate of drug-likeness (QED) is 0.754. The molecule has 1 rings (SSSR count). The van der Waals surface area contributed by atoms with E-state index >= 15 is 0 Å². The van der Waals surface area contributed by atoms with Crippen LogP contribution in [-0.4, -0.2) is 37.2 Å². The topological polar surface area (TPSA) is 72.5 Å². The summed E-state index contributed by atoms with van der Waals surface area (Å²) in [5.41, 5.74) is 0. The Kier molecular flexibility index (Phi) is 4.69. The number of hydrogen-bond acceptors (Lipinski definition) is 4. The molecule has 1 fully saturated rings. The molecule has 0 aliphatic carbocycles. The number of piperidine rings is 1. The second-order valence-corrected chi connectivity index (χ2v) is 6.76. The summed E-state index contributed by atoms with van der Waals surface area (Å²) in [6, 6.07) is -0.477. The van der Waals surface area contributed by atoms with Gasteiger partial charge in [0.25, 0.3) is 0 Å². The second kappa shape index (κ2) is 5.60. The van der Waals surface area contributed by atoms with Crippen molar-refractivity contribution < 1.29 is 21.5 Å². The minimum absolute atomic E-state index is 0. The Morgan fingerprint density at radius 1 is 1.50 bits per heavy atom. The lowest BCUT2D eigenvalue weighted by Gasteiger charge is -2.23. The van der Waals surface area contributed by atoms with E-state index in [4.69, 9.17) is 4.52 Å². The molecule has 5 nitrogen and oxygen atoms in total. The molecular formula is C10H22NO4P. The van der Waals surface area contributed by atoms with Crippen molar-refractivity contribution in [3.8, 4) is 0 Å². The lowest BCUT2D eigenvalue weighted by molar-refractivity contribution is -0.132. The summed E-state index contributed by atoms with van der Waals surface area (Å²) in [5, 5.41) is 2.62. The van der Waals surface area contributed by atoms with Gasteiger partial charge >= 0.3 is 0 Å². The van der Waals surface area contributed by atoms with Crippen molar-refractivity contribution in [2.24, 2.45) is 0 Å². The fraction of sp³-hybridized carbons (Fsp3) is 0.800. The van der Waals surface area contributed by atoms with Crippen LogP contribution < -0.4 is 5.32 Å². The minimum Gasteiger partial charge on any atom is -0.346 e. The Hall–Kier alpha value is -0.670. The normalized spacial score (nSPS) is 25.0. The van der Waals surface area contributed by atoms with Gasteiger partial charge in [-0.2, -0.15) is 0 Å². The van der Waals surface area contributed by atoms with E-state index in [0.29, 0.717) is 25.6 Å². The number of Topliss-reactive ketones (excluding diaryl/α,β-unsaturated/α-hetero) is 1. The molecule has 16 heavy (non-hydrogen) atoms. The van der Waals surface area contributed by atoms with E-state index < -0.39 is 13.4 Å². The highest BCUT2D eigenvalue weighted by Gasteiger charge is 2.28. The Morgan fingerprint density at radius 2 is 2.19 bits per heavy atom. The standard InChI is InChI=1S/C10H18NO4P.2H2/c1-3-15-16(2,14)7-6-8-9(12)4-5-10(13)11-8;;/h8H,3-7H2,1-2H3,(H,11,13);2*1H. The fourth-order valence-corrected chi connectivity index (χ4v) is 3.09. The van der Waals surface area contributed by atoms with Crippen molar-refractivity contribution in [1.29, 1.82) is 0 Å². The summed E-state index contributed by atoms with van der Waals surface area (Å²) in [6.07, 6.45) is 1.29. The van der Waals surface area contributed by atoms with Crippen LogP contribution in [0.4, 0.5) is 0 Å². The second-order valence-electron chi connectivity index (χ2n) is 4.03. The highest BCUT2D eigenvalue weighted by Crippen LogP contribution is 2.43. The van der Waals surface area contributed by atoms with E-state index in [0.717, 1.165) is 0 Å². The van der Waals surface area contributed by atoms with E-state index in [1.165, 1.54) is 0 Å². The maximum absolute atomic E-state index is 11.8. The SMILES string of the molecule is CCOP(C)(=O)CCC1NC(=O)CCC1=O.[HH].[HH]. The third-order valence-corrected chi connectivity index (χ3v) is 4.42. The molecule has 2 atom stereocenters. The van der Waals surface area contributed by atoms with Crippen molar-refractivity contribution in [3.63, 3.8) is 0 Å². The third-order valence-electron chi connectivity index (χ3n) is 2.55. The molecule has 1 aliphatic rings. The summed E-state index contributed by atoms with van der Waals surface area (Å²) in [7, 11) is -2.61. The van der Waals surface area contributed by atoms with Crippen LogP contribution in [0.25, 0.3) is 0 Å². The largest absolute Gasteiger partial charge is 0.346 e. The third kappa shape index (κ3) is 4.06. The van der Waals surface area contributed by atoms with Gasteiger partial charge in [0.15, 0.2) is 13.2 Å². The van der Waals surface area contributed by atoms with Gasteiger partial charge in [-0.15, -0.1) is 0 Å². The Labute approximate surface area is 98.4 Å². The number of rotatable bonds is 5. The zero-order chi connectivity index (χ0) is 12.2. The van der Waals surface area contributed by atoms with E-state index in [1.807, 2.05) is 0 Å². The van der Waals surface area contributed by atoms with Crippen molar-refractivity contribution >= 4 is 19.1 Å². The molecule has 0 aromatic rings. The fourth-order valence-electron chi connectivity index (χ4n) is 1.69. The molecule has 1 amide bonds. The zero-order valence-electron chi connectivity index (χ0n) is 9.69. The first kappa shape index (κ1) is 13.4. The van der Waals surface area contributed by atoms with Crippen LogP contribution in [0.3, 0.4) is 0 Å². The van der Waals surface area contributed by atoms with Gasteiger partial charge in [-0.1, -0.05) is 0 Å². The predicted octanol–water partition coefficient (Wildman–Crippen LogP) is 1.66. The summed E-state index contributed by atoms with van der Waals surface area (Å²) in [6.45, 7) is 3.74. The molecule has 1 aliphatic heterocycles. The number of nitrogens with one attached hydrogen (secondary N) is 1. The molecule has 1 heterocycles. The number of ketones is 1. The van der Waals surface area contributed by atoms with Crippen LogP contribution in [0.5, 0.6) is 0 Å². The molecule has 0 spiro atoms. The molecule has 0 bridgehead atoms. The average molecular weight is 251 g/mol. The summed E-state index contributed by atoms with van der Waals surface area (Å²) < 4.78 is 16.9. The Balaban J connectivity index is 0. The molecule has 1 saturated heterocycles. The van der Waals surface area contributed by atoms with E-state index in [-0.39, 0.29) is 21.0 Å². The number of hydrogen-bond donors (Lipinski definition) is 1. The van der Waals surface area contributed by atoms with Gasteiger partial charge in [0.1, 0.15) is 0 Å². The van der Waals surface area contributed by atoms with Gasteiger partial charge in [0.2, 0.25) is 5.91 Å². The molecule has 0 aromatic heterocycles. The van der Waals surface area contributed by atoms with Crippen molar-refractivity contribution in [2.75, 3.05) is 19.4 Å². The molecule has 1 N–H and O–H groups in total. The highest BCUT2D eigenvalue weighted by atomic mass is 31.2. The van der Waals surface area contributed by atoms with Gasteiger partial charge in [0, 0.05) is 28.5 Å². The molecular weight excluding hydrogens is 229 g/mol. The van der Waals surface area contributed by atoms with Crippen LogP contribution in [0.15, 0.2) is 0 Å². The minimum atomic E-state index is -2.61.